The van der Waals surface area contributed by atoms with Crippen LogP contribution in [0.3, 0.4) is 0 Å². The monoisotopic (exact) mass is 306 g/mol. The number of amides is 1. The normalized spacial score (nSPS) is 10.1. The number of rotatable bonds is 6. The van der Waals surface area contributed by atoms with E-state index in [4.69, 9.17) is 5.84 Å². The summed E-state index contributed by atoms with van der Waals surface area (Å²) in [5, 5.41) is 17.6. The molecule has 1 amide bonds. The molecule has 21 heavy (non-hydrogen) atoms. The lowest BCUT2D eigenvalue weighted by Gasteiger charge is -2.09. The largest absolute Gasteiger partial charge is 0.352 e. The van der Waals surface area contributed by atoms with E-state index in [0.717, 1.165) is 5.56 Å². The molecule has 2 aromatic rings. The predicted octanol–water partition coefficient (Wildman–Crippen LogP) is 1.91. The molecule has 0 atom stereocenters. The molecule has 1 heterocycles. The van der Waals surface area contributed by atoms with Crippen LogP contribution < -0.4 is 16.6 Å². The SMILES string of the molecule is NNc1c(C(=O)NCCc2ccsc2)cccc1[N+](=O)[O-]. The Morgan fingerprint density at radius 3 is 2.81 bits per heavy atom. The highest BCUT2D eigenvalue weighted by molar-refractivity contribution is 7.07. The molecule has 4 N–H and O–H groups in total. The van der Waals surface area contributed by atoms with Gasteiger partial charge in [0.1, 0.15) is 5.69 Å². The van der Waals surface area contributed by atoms with Crippen LogP contribution in [0.4, 0.5) is 11.4 Å². The highest BCUT2D eigenvalue weighted by Crippen LogP contribution is 2.27. The first kappa shape index (κ1) is 14.9. The fourth-order valence-electron chi connectivity index (χ4n) is 1.88. The number of thiophene rings is 1. The number of nitrogens with zero attached hydrogens (tertiary/aromatic N) is 1. The average molecular weight is 306 g/mol. The van der Waals surface area contributed by atoms with Crippen LogP contribution in [-0.2, 0) is 6.42 Å². The smallest absolute Gasteiger partial charge is 0.294 e. The fourth-order valence-corrected chi connectivity index (χ4v) is 2.59. The first-order valence-corrected chi connectivity index (χ1v) is 7.11. The summed E-state index contributed by atoms with van der Waals surface area (Å²) in [4.78, 5) is 22.4. The third-order valence-corrected chi connectivity index (χ3v) is 3.64. The van der Waals surface area contributed by atoms with Crippen LogP contribution in [0.1, 0.15) is 15.9 Å². The van der Waals surface area contributed by atoms with Crippen molar-refractivity contribution in [2.45, 2.75) is 6.42 Å². The minimum Gasteiger partial charge on any atom is -0.352 e. The number of benzene rings is 1. The van der Waals surface area contributed by atoms with E-state index in [1.54, 1.807) is 11.3 Å². The van der Waals surface area contributed by atoms with Crippen LogP contribution in [0, 0.1) is 10.1 Å². The van der Waals surface area contributed by atoms with Crippen molar-refractivity contribution in [1.82, 2.24) is 5.32 Å². The van der Waals surface area contributed by atoms with E-state index in [1.807, 2.05) is 16.8 Å². The van der Waals surface area contributed by atoms with Crippen molar-refractivity contribution in [2.24, 2.45) is 5.84 Å². The molecule has 0 unspecified atom stereocenters. The lowest BCUT2D eigenvalue weighted by atomic mass is 10.1. The number of carbonyl (C=O) groups excluding carboxylic acids is 1. The van der Waals surface area contributed by atoms with Crippen LogP contribution in [0.25, 0.3) is 0 Å². The summed E-state index contributed by atoms with van der Waals surface area (Å²) in [7, 11) is 0. The van der Waals surface area contributed by atoms with Gasteiger partial charge in [0.15, 0.2) is 0 Å². The Morgan fingerprint density at radius 2 is 2.19 bits per heavy atom. The number of para-hydroxylation sites is 1. The maximum atomic E-state index is 12.1. The Hall–Kier alpha value is -2.45. The van der Waals surface area contributed by atoms with Gasteiger partial charge < -0.3 is 10.7 Å². The molecule has 0 bridgehead atoms. The Bertz CT molecular complexity index is 643. The number of nitrogens with two attached hydrogens (primary N) is 1. The van der Waals surface area contributed by atoms with E-state index in [2.05, 4.69) is 10.7 Å². The van der Waals surface area contributed by atoms with Crippen molar-refractivity contribution in [3.8, 4) is 0 Å². The van der Waals surface area contributed by atoms with E-state index >= 15 is 0 Å². The fraction of sp³-hybridized carbons (Fsp3) is 0.154. The summed E-state index contributed by atoms with van der Waals surface area (Å²) in [5.74, 6) is 4.90. The van der Waals surface area contributed by atoms with Crippen molar-refractivity contribution in [2.75, 3.05) is 12.0 Å². The van der Waals surface area contributed by atoms with E-state index in [0.29, 0.717) is 13.0 Å². The van der Waals surface area contributed by atoms with Crippen LogP contribution in [0.2, 0.25) is 0 Å². The quantitative estimate of drug-likeness (QED) is 0.429. The molecule has 0 saturated heterocycles. The molecule has 0 aliphatic carbocycles. The number of hydrazine groups is 1. The van der Waals surface area contributed by atoms with Gasteiger partial charge in [0, 0.05) is 12.6 Å². The van der Waals surface area contributed by atoms with Gasteiger partial charge in [-0.2, -0.15) is 11.3 Å². The van der Waals surface area contributed by atoms with Gasteiger partial charge in [-0.25, -0.2) is 0 Å². The summed E-state index contributed by atoms with van der Waals surface area (Å²) in [5.41, 5.74) is 3.29. The highest BCUT2D eigenvalue weighted by atomic mass is 32.1. The van der Waals surface area contributed by atoms with Gasteiger partial charge in [-0.1, -0.05) is 6.07 Å². The number of nitrogen functional groups attached to an aromatic ring is 1. The molecule has 1 aromatic heterocycles. The van der Waals surface area contributed by atoms with Crippen LogP contribution in [-0.4, -0.2) is 17.4 Å². The zero-order chi connectivity index (χ0) is 15.2. The Balaban J connectivity index is 2.08. The Kier molecular flexibility index (Phi) is 4.85. The van der Waals surface area contributed by atoms with Gasteiger partial charge in [-0.15, -0.1) is 0 Å². The second-order valence-electron chi connectivity index (χ2n) is 4.24. The molecule has 0 aliphatic rings. The summed E-state index contributed by atoms with van der Waals surface area (Å²) in [6.07, 6.45) is 0.704. The van der Waals surface area contributed by atoms with Gasteiger partial charge in [0.2, 0.25) is 0 Å². The number of nitro groups is 1. The Morgan fingerprint density at radius 1 is 1.38 bits per heavy atom. The van der Waals surface area contributed by atoms with E-state index < -0.39 is 10.8 Å². The second kappa shape index (κ2) is 6.82. The number of nitrogens with one attached hydrogen (secondary N) is 2. The van der Waals surface area contributed by atoms with Gasteiger partial charge >= 0.3 is 0 Å². The summed E-state index contributed by atoms with van der Waals surface area (Å²) in [6.45, 7) is 0.447. The number of anilines is 1. The predicted molar refractivity (Wildman–Crippen MR) is 81.3 cm³/mol. The highest BCUT2D eigenvalue weighted by Gasteiger charge is 2.20. The maximum Gasteiger partial charge on any atom is 0.294 e. The first-order chi connectivity index (χ1) is 10.1. The van der Waals surface area contributed by atoms with Gasteiger partial charge in [-0.05, 0) is 34.9 Å². The van der Waals surface area contributed by atoms with Crippen LogP contribution in [0.5, 0.6) is 0 Å². The third-order valence-electron chi connectivity index (χ3n) is 2.91. The molecular weight excluding hydrogens is 292 g/mol. The van der Waals surface area contributed by atoms with Gasteiger partial charge in [0.05, 0.1) is 10.5 Å². The van der Waals surface area contributed by atoms with Crippen molar-refractivity contribution in [1.29, 1.82) is 0 Å². The zero-order valence-corrected chi connectivity index (χ0v) is 11.9. The molecule has 110 valence electrons. The number of nitro benzene ring substituents is 1. The molecule has 0 aliphatic heterocycles. The molecule has 0 saturated carbocycles. The van der Waals surface area contributed by atoms with Crippen molar-refractivity contribution >= 4 is 28.6 Å². The molecule has 0 spiro atoms. The molecule has 8 heteroatoms. The van der Waals surface area contributed by atoms with E-state index in [1.165, 1.54) is 18.2 Å². The minimum atomic E-state index is -0.586. The average Bonchev–Trinajstić information content (AvgIpc) is 2.99. The zero-order valence-electron chi connectivity index (χ0n) is 11.0. The van der Waals surface area contributed by atoms with E-state index in [-0.39, 0.29) is 16.9 Å². The number of hydrogen-bond donors (Lipinski definition) is 3. The lowest BCUT2D eigenvalue weighted by molar-refractivity contribution is -0.384. The second-order valence-corrected chi connectivity index (χ2v) is 5.02. The number of hydrogen-bond acceptors (Lipinski definition) is 6. The van der Waals surface area contributed by atoms with Crippen LogP contribution in [0.15, 0.2) is 35.0 Å². The van der Waals surface area contributed by atoms with Crippen molar-refractivity contribution < 1.29 is 9.72 Å². The maximum absolute atomic E-state index is 12.1. The molecule has 1 aromatic carbocycles. The standard InChI is InChI=1S/C13H14N4O3S/c14-16-12-10(2-1-3-11(12)17(19)20)13(18)15-6-4-9-5-7-21-8-9/h1-3,5,7-8,16H,4,6,14H2,(H,15,18). The van der Waals surface area contributed by atoms with Gasteiger partial charge in [-0.3, -0.25) is 20.8 Å². The summed E-state index contributed by atoms with van der Waals surface area (Å²) in [6, 6.07) is 6.21. The summed E-state index contributed by atoms with van der Waals surface area (Å²) >= 11 is 1.59. The molecule has 2 rings (SSSR count). The molecule has 7 nitrogen and oxygen atoms in total. The number of carbonyl (C=O) groups is 1. The van der Waals surface area contributed by atoms with Crippen LogP contribution >= 0.6 is 11.3 Å². The summed E-state index contributed by atoms with van der Waals surface area (Å²) < 4.78 is 0. The molecular formula is C13H14N4O3S. The third kappa shape index (κ3) is 3.56. The van der Waals surface area contributed by atoms with E-state index in [9.17, 15) is 14.9 Å². The van der Waals surface area contributed by atoms with Crippen molar-refractivity contribution in [3.05, 3.63) is 56.3 Å². The van der Waals surface area contributed by atoms with Crippen molar-refractivity contribution in [3.63, 3.8) is 0 Å². The topological polar surface area (TPSA) is 110 Å². The molecule has 0 fully saturated rings. The first-order valence-electron chi connectivity index (χ1n) is 6.16. The Labute approximate surface area is 124 Å². The van der Waals surface area contributed by atoms with Gasteiger partial charge in [0.25, 0.3) is 11.6 Å². The minimum absolute atomic E-state index is 0.00975. The lowest BCUT2D eigenvalue weighted by Crippen LogP contribution is -2.27. The molecule has 0 radical (unpaired) electrons.